The maximum Gasteiger partial charge on any atom is 0.157 e. The van der Waals surface area contributed by atoms with E-state index in [0.717, 1.165) is 24.3 Å². The fraction of sp³-hybridized carbons (Fsp3) is 0.417. The average Bonchev–Trinajstić information content (AvgIpc) is 2.30. The molecule has 1 aromatic carbocycles. The topological polar surface area (TPSA) is 40.5 Å². The van der Waals surface area contributed by atoms with E-state index < -0.39 is 6.04 Å². The fourth-order valence-electron chi connectivity index (χ4n) is 2.00. The van der Waals surface area contributed by atoms with Gasteiger partial charge in [-0.25, -0.2) is 5.06 Å². The molecule has 1 unspecified atom stereocenters. The molecule has 1 saturated carbocycles. The van der Waals surface area contributed by atoms with Crippen LogP contribution in [0.1, 0.15) is 25.7 Å². The lowest BCUT2D eigenvalue weighted by Gasteiger charge is -2.29. The van der Waals surface area contributed by atoms with Crippen LogP contribution >= 0.6 is 11.6 Å². The molecule has 0 radical (unpaired) electrons. The number of rotatable bonds is 2. The van der Waals surface area contributed by atoms with Gasteiger partial charge in [0, 0.05) is 11.4 Å². The molecule has 0 saturated heterocycles. The van der Waals surface area contributed by atoms with E-state index in [9.17, 15) is 10.0 Å². The molecule has 0 bridgehead atoms. The smallest absolute Gasteiger partial charge is 0.157 e. The van der Waals surface area contributed by atoms with E-state index in [1.165, 1.54) is 0 Å². The standard InChI is InChI=1S/C12H14ClNO2/c13-9-5-7-10(8-6-9)14(16)11-3-1-2-4-12(11)15/h5-8,11,16H,1-4H2. The molecule has 1 N–H and O–H groups in total. The number of carbonyl (C=O) groups is 1. The van der Waals surface area contributed by atoms with Gasteiger partial charge in [-0.2, -0.15) is 0 Å². The zero-order valence-corrected chi connectivity index (χ0v) is 9.65. The summed E-state index contributed by atoms with van der Waals surface area (Å²) in [5.74, 6) is 0.115. The number of ketones is 1. The number of halogens is 1. The lowest BCUT2D eigenvalue weighted by atomic mass is 9.93. The molecule has 86 valence electrons. The third-order valence-corrected chi connectivity index (χ3v) is 3.16. The van der Waals surface area contributed by atoms with Crippen molar-refractivity contribution in [2.24, 2.45) is 0 Å². The van der Waals surface area contributed by atoms with Gasteiger partial charge in [0.2, 0.25) is 0 Å². The van der Waals surface area contributed by atoms with Gasteiger partial charge in [0.1, 0.15) is 6.04 Å². The summed E-state index contributed by atoms with van der Waals surface area (Å²) in [7, 11) is 0. The zero-order valence-electron chi connectivity index (χ0n) is 8.90. The molecule has 1 atom stereocenters. The third kappa shape index (κ3) is 2.36. The molecule has 1 aliphatic carbocycles. The molecule has 0 spiro atoms. The van der Waals surface area contributed by atoms with Crippen molar-refractivity contribution >= 4 is 23.1 Å². The summed E-state index contributed by atoms with van der Waals surface area (Å²) < 4.78 is 0. The van der Waals surface area contributed by atoms with Gasteiger partial charge < -0.3 is 0 Å². The van der Waals surface area contributed by atoms with Gasteiger partial charge in [-0.15, -0.1) is 0 Å². The summed E-state index contributed by atoms with van der Waals surface area (Å²) >= 11 is 5.76. The van der Waals surface area contributed by atoms with Crippen LogP contribution in [0.15, 0.2) is 24.3 Å². The molecule has 1 fully saturated rings. The van der Waals surface area contributed by atoms with Crippen molar-refractivity contribution in [1.29, 1.82) is 0 Å². The number of hydrogen-bond donors (Lipinski definition) is 1. The predicted molar refractivity (Wildman–Crippen MR) is 63.0 cm³/mol. The van der Waals surface area contributed by atoms with Crippen LogP contribution in [-0.4, -0.2) is 17.0 Å². The molecule has 4 heteroatoms. The van der Waals surface area contributed by atoms with Crippen molar-refractivity contribution in [2.45, 2.75) is 31.7 Å². The zero-order chi connectivity index (χ0) is 11.5. The number of nitrogens with zero attached hydrogens (tertiary/aromatic N) is 1. The lowest BCUT2D eigenvalue weighted by molar-refractivity contribution is -0.123. The van der Waals surface area contributed by atoms with Crippen LogP contribution in [0.4, 0.5) is 5.69 Å². The van der Waals surface area contributed by atoms with E-state index in [-0.39, 0.29) is 5.78 Å². The second kappa shape index (κ2) is 4.85. The number of anilines is 1. The van der Waals surface area contributed by atoms with Crippen molar-refractivity contribution in [2.75, 3.05) is 5.06 Å². The Kier molecular flexibility index (Phi) is 3.46. The quantitative estimate of drug-likeness (QED) is 0.807. The van der Waals surface area contributed by atoms with Gasteiger partial charge in [-0.3, -0.25) is 10.0 Å². The maximum absolute atomic E-state index is 11.6. The van der Waals surface area contributed by atoms with Crippen molar-refractivity contribution in [3.63, 3.8) is 0 Å². The number of carbonyl (C=O) groups excluding carboxylic acids is 1. The first-order chi connectivity index (χ1) is 7.68. The minimum Gasteiger partial charge on any atom is -0.297 e. The van der Waals surface area contributed by atoms with E-state index in [2.05, 4.69) is 0 Å². The van der Waals surface area contributed by atoms with Crippen LogP contribution in [0.5, 0.6) is 0 Å². The van der Waals surface area contributed by atoms with Gasteiger partial charge >= 0.3 is 0 Å². The van der Waals surface area contributed by atoms with E-state index in [1.54, 1.807) is 24.3 Å². The molecule has 16 heavy (non-hydrogen) atoms. The first-order valence-corrected chi connectivity index (χ1v) is 5.82. The maximum atomic E-state index is 11.6. The largest absolute Gasteiger partial charge is 0.297 e. The minimum atomic E-state index is -0.394. The van der Waals surface area contributed by atoms with Crippen LogP contribution in [0, 0.1) is 0 Å². The summed E-state index contributed by atoms with van der Waals surface area (Å²) in [6.45, 7) is 0. The van der Waals surface area contributed by atoms with E-state index in [1.807, 2.05) is 0 Å². The second-order valence-electron chi connectivity index (χ2n) is 4.05. The summed E-state index contributed by atoms with van der Waals surface area (Å²) in [5, 5.41) is 11.7. The van der Waals surface area contributed by atoms with Crippen molar-refractivity contribution in [3.05, 3.63) is 29.3 Å². The van der Waals surface area contributed by atoms with Crippen molar-refractivity contribution in [3.8, 4) is 0 Å². The average molecular weight is 240 g/mol. The van der Waals surface area contributed by atoms with E-state index >= 15 is 0 Å². The molecule has 3 nitrogen and oxygen atoms in total. The fourth-order valence-corrected chi connectivity index (χ4v) is 2.12. The SMILES string of the molecule is O=C1CCCCC1N(O)c1ccc(Cl)cc1. The van der Waals surface area contributed by atoms with E-state index in [0.29, 0.717) is 17.1 Å². The number of benzene rings is 1. The Bertz CT molecular complexity index is 377. The molecule has 0 amide bonds. The highest BCUT2D eigenvalue weighted by Gasteiger charge is 2.27. The van der Waals surface area contributed by atoms with Crippen LogP contribution in [0.2, 0.25) is 5.02 Å². The lowest BCUT2D eigenvalue weighted by Crippen LogP contribution is -2.40. The molecule has 1 aliphatic rings. The Hall–Kier alpha value is -1.06. The highest BCUT2D eigenvalue weighted by atomic mass is 35.5. The third-order valence-electron chi connectivity index (χ3n) is 2.91. The van der Waals surface area contributed by atoms with Gasteiger partial charge in [0.05, 0.1) is 5.69 Å². The first-order valence-electron chi connectivity index (χ1n) is 5.45. The Labute approximate surface area is 99.6 Å². The molecule has 0 aromatic heterocycles. The number of hydrogen-bond acceptors (Lipinski definition) is 3. The summed E-state index contributed by atoms with van der Waals surface area (Å²) in [5.41, 5.74) is 0.615. The second-order valence-corrected chi connectivity index (χ2v) is 4.49. The van der Waals surface area contributed by atoms with Crippen molar-refractivity contribution < 1.29 is 10.0 Å². The summed E-state index contributed by atoms with van der Waals surface area (Å²) in [6.07, 6.45) is 3.21. The summed E-state index contributed by atoms with van der Waals surface area (Å²) in [4.78, 5) is 11.6. The van der Waals surface area contributed by atoms with Crippen LogP contribution < -0.4 is 5.06 Å². The molecule has 2 rings (SSSR count). The first kappa shape index (κ1) is 11.4. The normalized spacial score (nSPS) is 20.9. The predicted octanol–water partition coefficient (Wildman–Crippen LogP) is 3.05. The Morgan fingerprint density at radius 3 is 2.56 bits per heavy atom. The van der Waals surface area contributed by atoms with Crippen LogP contribution in [-0.2, 0) is 4.79 Å². The van der Waals surface area contributed by atoms with Crippen molar-refractivity contribution in [1.82, 2.24) is 0 Å². The highest BCUT2D eigenvalue weighted by Crippen LogP contribution is 2.24. The Morgan fingerprint density at radius 1 is 1.25 bits per heavy atom. The van der Waals surface area contributed by atoms with Gasteiger partial charge in [0.15, 0.2) is 5.78 Å². The molecular formula is C12H14ClNO2. The van der Waals surface area contributed by atoms with Crippen LogP contribution in [0.3, 0.4) is 0 Å². The Morgan fingerprint density at radius 2 is 1.94 bits per heavy atom. The number of Topliss-reactive ketones (excluding diaryl/α,β-unsaturated/α-hetero) is 1. The minimum absolute atomic E-state index is 0.115. The van der Waals surface area contributed by atoms with Gasteiger partial charge in [-0.05, 0) is 37.1 Å². The molecular weight excluding hydrogens is 226 g/mol. The van der Waals surface area contributed by atoms with Gasteiger partial charge in [0.25, 0.3) is 0 Å². The molecule has 1 aromatic rings. The molecule has 0 aliphatic heterocycles. The monoisotopic (exact) mass is 239 g/mol. The Balaban J connectivity index is 2.14. The highest BCUT2D eigenvalue weighted by molar-refractivity contribution is 6.30. The summed E-state index contributed by atoms with van der Waals surface area (Å²) in [6, 6.07) is 6.44. The van der Waals surface area contributed by atoms with Crippen LogP contribution in [0.25, 0.3) is 0 Å². The number of hydroxylamine groups is 1. The molecule has 0 heterocycles. The van der Waals surface area contributed by atoms with Gasteiger partial charge in [-0.1, -0.05) is 18.0 Å². The van der Waals surface area contributed by atoms with E-state index in [4.69, 9.17) is 11.6 Å².